The molecule has 0 aliphatic carbocycles. The van der Waals surface area contributed by atoms with Crippen LogP contribution in [0.25, 0.3) is 0 Å². The predicted molar refractivity (Wildman–Crippen MR) is 39.3 cm³/mol. The number of amides is 1. The van der Waals surface area contributed by atoms with Gasteiger partial charge in [-0.25, -0.2) is 4.98 Å². The molecule has 0 unspecified atom stereocenters. The Kier molecular flexibility index (Phi) is 2.06. The van der Waals surface area contributed by atoms with E-state index in [0.717, 1.165) is 0 Å². The molecule has 1 amide bonds. The SMILES string of the molecule is COc1cc(C(N)=O)ccn1. The Morgan fingerprint density at radius 2 is 2.45 bits per heavy atom. The van der Waals surface area contributed by atoms with Crippen LogP contribution in [0.2, 0.25) is 0 Å². The highest BCUT2D eigenvalue weighted by atomic mass is 16.5. The lowest BCUT2D eigenvalue weighted by Crippen LogP contribution is -2.10. The van der Waals surface area contributed by atoms with Gasteiger partial charge in [-0.1, -0.05) is 0 Å². The fourth-order valence-corrected chi connectivity index (χ4v) is 0.674. The molecule has 0 saturated heterocycles. The lowest BCUT2D eigenvalue weighted by Gasteiger charge is -1.98. The largest absolute Gasteiger partial charge is 0.481 e. The molecule has 1 heterocycles. The van der Waals surface area contributed by atoms with E-state index in [-0.39, 0.29) is 0 Å². The van der Waals surface area contributed by atoms with Crippen LogP contribution < -0.4 is 10.5 Å². The van der Waals surface area contributed by atoms with Crippen molar-refractivity contribution in [2.24, 2.45) is 5.73 Å². The summed E-state index contributed by atoms with van der Waals surface area (Å²) in [7, 11) is 1.48. The Balaban J connectivity index is 3.01. The van der Waals surface area contributed by atoms with E-state index in [1.54, 1.807) is 0 Å². The summed E-state index contributed by atoms with van der Waals surface area (Å²) in [6, 6.07) is 3.02. The van der Waals surface area contributed by atoms with E-state index in [4.69, 9.17) is 10.5 Å². The topological polar surface area (TPSA) is 65.2 Å². The second kappa shape index (κ2) is 3.01. The van der Waals surface area contributed by atoms with Crippen molar-refractivity contribution >= 4 is 5.91 Å². The van der Waals surface area contributed by atoms with E-state index in [2.05, 4.69) is 4.98 Å². The Morgan fingerprint density at radius 3 is 3.00 bits per heavy atom. The summed E-state index contributed by atoms with van der Waals surface area (Å²) in [6.45, 7) is 0. The molecule has 1 aromatic rings. The van der Waals surface area contributed by atoms with Crippen molar-refractivity contribution in [1.29, 1.82) is 0 Å². The van der Waals surface area contributed by atoms with Gasteiger partial charge in [-0.15, -0.1) is 0 Å². The predicted octanol–water partition coefficient (Wildman–Crippen LogP) is 0.189. The maximum Gasteiger partial charge on any atom is 0.248 e. The maximum absolute atomic E-state index is 10.6. The molecule has 0 saturated carbocycles. The van der Waals surface area contributed by atoms with Gasteiger partial charge in [-0.2, -0.15) is 0 Å². The van der Waals surface area contributed by atoms with E-state index in [1.165, 1.54) is 25.4 Å². The van der Waals surface area contributed by atoms with Crippen LogP contribution >= 0.6 is 0 Å². The first-order valence-corrected chi connectivity index (χ1v) is 3.04. The van der Waals surface area contributed by atoms with Crippen molar-refractivity contribution in [2.45, 2.75) is 0 Å². The summed E-state index contributed by atoms with van der Waals surface area (Å²) in [4.78, 5) is 14.4. The molecular weight excluding hydrogens is 144 g/mol. The third-order valence-corrected chi connectivity index (χ3v) is 1.23. The molecule has 0 aromatic carbocycles. The van der Waals surface area contributed by atoms with Crippen LogP contribution in [0.15, 0.2) is 18.3 Å². The van der Waals surface area contributed by atoms with Gasteiger partial charge in [-0.05, 0) is 6.07 Å². The molecule has 0 bridgehead atoms. The van der Waals surface area contributed by atoms with E-state index in [1.807, 2.05) is 0 Å². The summed E-state index contributed by atoms with van der Waals surface area (Å²) >= 11 is 0. The number of hydrogen-bond acceptors (Lipinski definition) is 3. The molecule has 0 radical (unpaired) electrons. The molecule has 1 rings (SSSR count). The van der Waals surface area contributed by atoms with Crippen LogP contribution in [0, 0.1) is 0 Å². The number of aromatic nitrogens is 1. The van der Waals surface area contributed by atoms with Crippen LogP contribution in [-0.2, 0) is 0 Å². The number of rotatable bonds is 2. The summed E-state index contributed by atoms with van der Waals surface area (Å²) in [5, 5.41) is 0. The van der Waals surface area contributed by atoms with Crippen molar-refractivity contribution in [1.82, 2.24) is 4.98 Å². The molecule has 0 fully saturated rings. The number of pyridine rings is 1. The average molecular weight is 152 g/mol. The monoisotopic (exact) mass is 152 g/mol. The van der Waals surface area contributed by atoms with Crippen LogP contribution in [-0.4, -0.2) is 18.0 Å². The number of nitrogens with zero attached hydrogens (tertiary/aromatic N) is 1. The summed E-state index contributed by atoms with van der Waals surface area (Å²) in [6.07, 6.45) is 1.47. The first kappa shape index (κ1) is 7.53. The van der Waals surface area contributed by atoms with Crippen molar-refractivity contribution in [3.63, 3.8) is 0 Å². The molecule has 0 aliphatic rings. The van der Waals surface area contributed by atoms with Gasteiger partial charge in [0.2, 0.25) is 11.8 Å². The molecule has 58 valence electrons. The normalized spacial score (nSPS) is 9.18. The fourth-order valence-electron chi connectivity index (χ4n) is 0.674. The van der Waals surface area contributed by atoms with Gasteiger partial charge < -0.3 is 10.5 Å². The van der Waals surface area contributed by atoms with Gasteiger partial charge in [0.1, 0.15) is 0 Å². The van der Waals surface area contributed by atoms with Gasteiger partial charge >= 0.3 is 0 Å². The fraction of sp³-hybridized carbons (Fsp3) is 0.143. The van der Waals surface area contributed by atoms with Crippen LogP contribution in [0.3, 0.4) is 0 Å². The van der Waals surface area contributed by atoms with Crippen molar-refractivity contribution in [3.05, 3.63) is 23.9 Å². The van der Waals surface area contributed by atoms with Crippen molar-refractivity contribution in [2.75, 3.05) is 7.11 Å². The molecule has 0 aliphatic heterocycles. The lowest BCUT2D eigenvalue weighted by molar-refractivity contribution is 0.1000. The second-order valence-electron chi connectivity index (χ2n) is 1.95. The minimum atomic E-state index is -0.481. The smallest absolute Gasteiger partial charge is 0.248 e. The quantitative estimate of drug-likeness (QED) is 0.657. The van der Waals surface area contributed by atoms with Gasteiger partial charge in [0.25, 0.3) is 0 Å². The lowest BCUT2D eigenvalue weighted by atomic mass is 10.2. The number of hydrogen-bond donors (Lipinski definition) is 1. The number of methoxy groups -OCH3 is 1. The Hall–Kier alpha value is -1.58. The zero-order valence-electron chi connectivity index (χ0n) is 6.07. The highest BCUT2D eigenvalue weighted by Gasteiger charge is 2.00. The van der Waals surface area contributed by atoms with Crippen LogP contribution in [0.1, 0.15) is 10.4 Å². The average Bonchev–Trinajstić information content (AvgIpc) is 2.05. The first-order chi connectivity index (χ1) is 5.24. The minimum absolute atomic E-state index is 0.390. The molecule has 0 spiro atoms. The zero-order valence-corrected chi connectivity index (χ0v) is 6.07. The molecular formula is C7H8N2O2. The number of ether oxygens (including phenoxy) is 1. The third-order valence-electron chi connectivity index (χ3n) is 1.23. The number of nitrogens with two attached hydrogens (primary N) is 1. The van der Waals surface area contributed by atoms with E-state index >= 15 is 0 Å². The summed E-state index contributed by atoms with van der Waals surface area (Å²) in [5.41, 5.74) is 5.41. The van der Waals surface area contributed by atoms with Crippen LogP contribution in [0.5, 0.6) is 5.88 Å². The molecule has 11 heavy (non-hydrogen) atoms. The van der Waals surface area contributed by atoms with Crippen molar-refractivity contribution < 1.29 is 9.53 Å². The van der Waals surface area contributed by atoms with Gasteiger partial charge in [0.05, 0.1) is 7.11 Å². The molecule has 0 atom stereocenters. The number of carbonyl (C=O) groups excluding carboxylic acids is 1. The number of carbonyl (C=O) groups is 1. The Morgan fingerprint density at radius 1 is 1.73 bits per heavy atom. The first-order valence-electron chi connectivity index (χ1n) is 3.04. The highest BCUT2D eigenvalue weighted by molar-refractivity contribution is 5.92. The van der Waals surface area contributed by atoms with E-state index in [9.17, 15) is 4.79 Å². The summed E-state index contributed by atoms with van der Waals surface area (Å²) < 4.78 is 4.79. The highest BCUT2D eigenvalue weighted by Crippen LogP contribution is 2.06. The molecule has 2 N–H and O–H groups in total. The number of primary amides is 1. The molecule has 4 heteroatoms. The molecule has 1 aromatic heterocycles. The van der Waals surface area contributed by atoms with Crippen molar-refractivity contribution in [3.8, 4) is 5.88 Å². The van der Waals surface area contributed by atoms with E-state index in [0.29, 0.717) is 11.4 Å². The summed E-state index contributed by atoms with van der Waals surface area (Å²) in [5.74, 6) is -0.0907. The third kappa shape index (κ3) is 1.67. The minimum Gasteiger partial charge on any atom is -0.481 e. The van der Waals surface area contributed by atoms with Gasteiger partial charge in [0.15, 0.2) is 0 Å². The zero-order chi connectivity index (χ0) is 8.27. The van der Waals surface area contributed by atoms with Gasteiger partial charge in [-0.3, -0.25) is 4.79 Å². The Labute approximate surface area is 64.0 Å². The standard InChI is InChI=1S/C7H8N2O2/c1-11-6-4-5(7(8)10)2-3-9-6/h2-4H,1H3,(H2,8,10). The molecule has 4 nitrogen and oxygen atoms in total. The van der Waals surface area contributed by atoms with Gasteiger partial charge in [0, 0.05) is 17.8 Å². The Bertz CT molecular complexity index is 273. The second-order valence-corrected chi connectivity index (χ2v) is 1.95. The van der Waals surface area contributed by atoms with E-state index < -0.39 is 5.91 Å². The van der Waals surface area contributed by atoms with Crippen LogP contribution in [0.4, 0.5) is 0 Å². The maximum atomic E-state index is 10.6.